The first-order valence-corrected chi connectivity index (χ1v) is 8.48. The number of primary amides is 1. The first-order chi connectivity index (χ1) is 12.8. The number of H-pyrrole nitrogens is 1. The second-order valence-electron chi connectivity index (χ2n) is 5.99. The molecule has 7 nitrogen and oxygen atoms in total. The van der Waals surface area contributed by atoms with Gasteiger partial charge in [-0.25, -0.2) is 9.18 Å². The zero-order valence-electron chi connectivity index (χ0n) is 15.5. The molecule has 0 aliphatic rings. The van der Waals surface area contributed by atoms with Crippen LogP contribution in [0.1, 0.15) is 45.4 Å². The summed E-state index contributed by atoms with van der Waals surface area (Å²) in [6.07, 6.45) is -0.0629. The molecule has 0 radical (unpaired) electrons. The zero-order chi connectivity index (χ0) is 20.1. The van der Waals surface area contributed by atoms with E-state index in [0.29, 0.717) is 22.5 Å². The van der Waals surface area contributed by atoms with Gasteiger partial charge in [-0.15, -0.1) is 0 Å². The lowest BCUT2D eigenvalue weighted by Gasteiger charge is -2.22. The van der Waals surface area contributed by atoms with Crippen molar-refractivity contribution in [3.05, 3.63) is 52.6 Å². The first-order valence-electron chi connectivity index (χ1n) is 8.48. The number of hydrogen-bond donors (Lipinski definition) is 2. The molecule has 3 N–H and O–H groups in total. The number of nitrogens with zero attached hydrogens (tertiary/aromatic N) is 1. The van der Waals surface area contributed by atoms with E-state index >= 15 is 0 Å². The molecule has 8 heteroatoms. The summed E-state index contributed by atoms with van der Waals surface area (Å²) in [6, 6.07) is 5.31. The molecule has 0 spiro atoms. The predicted molar refractivity (Wildman–Crippen MR) is 98.1 cm³/mol. The number of benzene rings is 1. The highest BCUT2D eigenvalue weighted by molar-refractivity contribution is 6.08. The highest BCUT2D eigenvalue weighted by atomic mass is 19.1. The number of aromatic amines is 1. The van der Waals surface area contributed by atoms with Gasteiger partial charge in [0.25, 0.3) is 5.91 Å². The SMILES string of the molecule is CCOC(=O)c1c(C)[nH]c(C(=O)N(CCC(N)=O)c2ccc(F)cc2)c1C. The third kappa shape index (κ3) is 4.52. The Labute approximate surface area is 156 Å². The second kappa shape index (κ2) is 8.48. The molecule has 1 heterocycles. The molecule has 2 aromatic rings. The van der Waals surface area contributed by atoms with E-state index in [-0.39, 0.29) is 25.3 Å². The molecule has 2 amide bonds. The lowest BCUT2D eigenvalue weighted by molar-refractivity contribution is -0.117. The molecule has 144 valence electrons. The molecule has 0 saturated heterocycles. The van der Waals surface area contributed by atoms with E-state index < -0.39 is 23.6 Å². The summed E-state index contributed by atoms with van der Waals surface area (Å²) in [5, 5.41) is 0. The number of hydrogen-bond acceptors (Lipinski definition) is 4. The maximum absolute atomic E-state index is 13.2. The third-order valence-corrected chi connectivity index (χ3v) is 4.10. The van der Waals surface area contributed by atoms with Gasteiger partial charge in [-0.1, -0.05) is 0 Å². The molecule has 1 aromatic heterocycles. The van der Waals surface area contributed by atoms with Crippen molar-refractivity contribution in [1.29, 1.82) is 0 Å². The Kier molecular flexibility index (Phi) is 6.33. The van der Waals surface area contributed by atoms with Gasteiger partial charge in [0, 0.05) is 24.3 Å². The van der Waals surface area contributed by atoms with Crippen LogP contribution in [-0.4, -0.2) is 35.9 Å². The summed E-state index contributed by atoms with van der Waals surface area (Å²) in [6.45, 7) is 5.24. The van der Waals surface area contributed by atoms with Crippen molar-refractivity contribution >= 4 is 23.5 Å². The summed E-state index contributed by atoms with van der Waals surface area (Å²) < 4.78 is 18.3. The van der Waals surface area contributed by atoms with Crippen molar-refractivity contribution in [2.75, 3.05) is 18.1 Å². The number of nitrogens with two attached hydrogens (primary N) is 1. The van der Waals surface area contributed by atoms with Crippen LogP contribution in [0.15, 0.2) is 24.3 Å². The smallest absolute Gasteiger partial charge is 0.340 e. The van der Waals surface area contributed by atoms with Crippen LogP contribution in [-0.2, 0) is 9.53 Å². The van der Waals surface area contributed by atoms with Gasteiger partial charge >= 0.3 is 5.97 Å². The summed E-state index contributed by atoms with van der Waals surface area (Å²) >= 11 is 0. The number of ether oxygens (including phenoxy) is 1. The molecule has 2 rings (SSSR count). The molecule has 0 atom stereocenters. The fourth-order valence-corrected chi connectivity index (χ4v) is 2.80. The van der Waals surface area contributed by atoms with Crippen LogP contribution >= 0.6 is 0 Å². The van der Waals surface area contributed by atoms with Gasteiger partial charge in [0.15, 0.2) is 0 Å². The minimum atomic E-state index is -0.568. The lowest BCUT2D eigenvalue weighted by Crippen LogP contribution is -2.34. The number of anilines is 1. The number of carbonyl (C=O) groups excluding carboxylic acids is 3. The van der Waals surface area contributed by atoms with Crippen molar-refractivity contribution in [3.8, 4) is 0 Å². The van der Waals surface area contributed by atoms with E-state index in [1.165, 1.54) is 29.2 Å². The quantitative estimate of drug-likeness (QED) is 0.725. The van der Waals surface area contributed by atoms with Crippen molar-refractivity contribution in [2.24, 2.45) is 5.73 Å². The number of nitrogens with one attached hydrogen (secondary N) is 1. The number of carbonyl (C=O) groups is 3. The van der Waals surface area contributed by atoms with E-state index in [4.69, 9.17) is 10.5 Å². The largest absolute Gasteiger partial charge is 0.462 e. The highest BCUT2D eigenvalue weighted by Crippen LogP contribution is 2.24. The van der Waals surface area contributed by atoms with Gasteiger partial charge < -0.3 is 20.4 Å². The van der Waals surface area contributed by atoms with Crippen molar-refractivity contribution in [2.45, 2.75) is 27.2 Å². The Morgan fingerprint density at radius 1 is 1.19 bits per heavy atom. The van der Waals surface area contributed by atoms with Gasteiger partial charge in [-0.05, 0) is 50.6 Å². The van der Waals surface area contributed by atoms with Gasteiger partial charge in [-0.2, -0.15) is 0 Å². The van der Waals surface area contributed by atoms with E-state index in [1.54, 1.807) is 20.8 Å². The van der Waals surface area contributed by atoms with Crippen LogP contribution in [0.3, 0.4) is 0 Å². The normalized spacial score (nSPS) is 10.5. The minimum Gasteiger partial charge on any atom is -0.462 e. The molecule has 0 fully saturated rings. The van der Waals surface area contributed by atoms with Crippen molar-refractivity contribution in [1.82, 2.24) is 4.98 Å². The zero-order valence-corrected chi connectivity index (χ0v) is 15.5. The van der Waals surface area contributed by atoms with Crippen LogP contribution in [0, 0.1) is 19.7 Å². The Bertz CT molecular complexity index is 859. The van der Waals surface area contributed by atoms with Crippen molar-refractivity contribution < 1.29 is 23.5 Å². The molecular weight excluding hydrogens is 353 g/mol. The minimum absolute atomic E-state index is 0.0199. The number of esters is 1. The van der Waals surface area contributed by atoms with Crippen LogP contribution in [0.2, 0.25) is 0 Å². The molecule has 0 bridgehead atoms. The molecular formula is C19H22FN3O4. The van der Waals surface area contributed by atoms with Crippen LogP contribution in [0.5, 0.6) is 0 Å². The Morgan fingerprint density at radius 3 is 2.37 bits per heavy atom. The van der Waals surface area contributed by atoms with Crippen LogP contribution in [0.25, 0.3) is 0 Å². The summed E-state index contributed by atoms with van der Waals surface area (Å²) in [7, 11) is 0. The Morgan fingerprint density at radius 2 is 1.81 bits per heavy atom. The number of aryl methyl sites for hydroxylation is 1. The number of amides is 2. The van der Waals surface area contributed by atoms with Crippen molar-refractivity contribution in [3.63, 3.8) is 0 Å². The van der Waals surface area contributed by atoms with E-state index in [0.717, 1.165) is 0 Å². The molecule has 0 aliphatic heterocycles. The summed E-state index contributed by atoms with van der Waals surface area (Å²) in [5.41, 5.74) is 7.06. The lowest BCUT2D eigenvalue weighted by atomic mass is 10.1. The Hall–Kier alpha value is -3.16. The standard InChI is InChI=1S/C19H22FN3O4/c1-4-27-19(26)16-11(2)17(22-12(16)3)18(25)23(10-9-15(21)24)14-7-5-13(20)6-8-14/h5-8,22H,4,9-10H2,1-3H3,(H2,21,24). The number of rotatable bonds is 7. The molecule has 27 heavy (non-hydrogen) atoms. The van der Waals surface area contributed by atoms with Gasteiger partial charge in [0.1, 0.15) is 11.5 Å². The molecule has 0 unspecified atom stereocenters. The average Bonchev–Trinajstić information content (AvgIpc) is 2.90. The fourth-order valence-electron chi connectivity index (χ4n) is 2.80. The summed E-state index contributed by atoms with van der Waals surface area (Å²) in [4.78, 5) is 40.7. The van der Waals surface area contributed by atoms with Gasteiger partial charge in [0.2, 0.25) is 5.91 Å². The van der Waals surface area contributed by atoms with Crippen LogP contribution in [0.4, 0.5) is 10.1 Å². The highest BCUT2D eigenvalue weighted by Gasteiger charge is 2.27. The van der Waals surface area contributed by atoms with Gasteiger partial charge in [0.05, 0.1) is 12.2 Å². The molecule has 1 aromatic carbocycles. The predicted octanol–water partition coefficient (Wildman–Crippen LogP) is 2.47. The monoisotopic (exact) mass is 375 g/mol. The number of aromatic nitrogens is 1. The Balaban J connectivity index is 2.43. The van der Waals surface area contributed by atoms with Crippen LogP contribution < -0.4 is 10.6 Å². The topological polar surface area (TPSA) is 105 Å². The first kappa shape index (κ1) is 20.2. The number of halogens is 1. The average molecular weight is 375 g/mol. The second-order valence-corrected chi connectivity index (χ2v) is 5.99. The molecule has 0 aliphatic carbocycles. The fraction of sp³-hybridized carbons (Fsp3) is 0.316. The van der Waals surface area contributed by atoms with E-state index in [2.05, 4.69) is 4.98 Å². The van der Waals surface area contributed by atoms with Gasteiger partial charge in [-0.3, -0.25) is 9.59 Å². The molecule has 0 saturated carbocycles. The van der Waals surface area contributed by atoms with E-state index in [1.807, 2.05) is 0 Å². The summed E-state index contributed by atoms with van der Waals surface area (Å²) in [5.74, 6) is -1.99. The third-order valence-electron chi connectivity index (χ3n) is 4.10. The maximum atomic E-state index is 13.2. The van der Waals surface area contributed by atoms with E-state index in [9.17, 15) is 18.8 Å². The maximum Gasteiger partial charge on any atom is 0.340 e.